The molecule has 0 bridgehead atoms. The second kappa shape index (κ2) is 11.2. The van der Waals surface area contributed by atoms with E-state index in [0.29, 0.717) is 61.7 Å². The van der Waals surface area contributed by atoms with Gasteiger partial charge in [-0.05, 0) is 35.9 Å². The highest BCUT2D eigenvalue weighted by molar-refractivity contribution is 5.99. The van der Waals surface area contributed by atoms with Crippen molar-refractivity contribution in [3.05, 3.63) is 84.4 Å². The summed E-state index contributed by atoms with van der Waals surface area (Å²) >= 11 is 0. The van der Waals surface area contributed by atoms with E-state index < -0.39 is 23.7 Å². The molecule has 0 unspecified atom stereocenters. The molecule has 2 amide bonds. The number of halogens is 4. The first kappa shape index (κ1) is 26.4. The number of nitrogens with one attached hydrogen (secondary N) is 2. The number of hydrogen-bond donors (Lipinski definition) is 2. The molecule has 4 aromatic rings. The van der Waals surface area contributed by atoms with E-state index in [1.807, 2.05) is 35.2 Å². The second-order valence-electron chi connectivity index (χ2n) is 9.17. The van der Waals surface area contributed by atoms with Crippen LogP contribution in [0.5, 0.6) is 0 Å². The number of urea groups is 1. The highest BCUT2D eigenvalue weighted by Crippen LogP contribution is 2.36. The summed E-state index contributed by atoms with van der Waals surface area (Å²) in [6.07, 6.45) is -2.97. The number of anilines is 2. The van der Waals surface area contributed by atoms with Crippen molar-refractivity contribution < 1.29 is 22.4 Å². The molecule has 2 aromatic heterocycles. The van der Waals surface area contributed by atoms with Crippen molar-refractivity contribution in [2.24, 2.45) is 0 Å². The minimum absolute atomic E-state index is 0.261. The van der Waals surface area contributed by atoms with Gasteiger partial charge in [0.1, 0.15) is 17.3 Å². The molecule has 1 saturated heterocycles. The molecule has 0 spiro atoms. The molecule has 0 aliphatic carbocycles. The van der Waals surface area contributed by atoms with Crippen molar-refractivity contribution in [2.45, 2.75) is 6.18 Å². The Morgan fingerprint density at radius 1 is 0.949 bits per heavy atom. The predicted molar refractivity (Wildman–Crippen MR) is 142 cm³/mol. The molecule has 7 nitrogen and oxygen atoms in total. The smallest absolute Gasteiger partial charge is 0.353 e. The minimum atomic E-state index is -4.56. The van der Waals surface area contributed by atoms with Crippen LogP contribution >= 0.6 is 0 Å². The van der Waals surface area contributed by atoms with Crippen LogP contribution < -0.4 is 15.5 Å². The molecule has 1 fully saturated rings. The summed E-state index contributed by atoms with van der Waals surface area (Å²) in [5.74, 6) is 0.164. The van der Waals surface area contributed by atoms with Gasteiger partial charge in [0.2, 0.25) is 0 Å². The van der Waals surface area contributed by atoms with Crippen molar-refractivity contribution >= 4 is 28.4 Å². The summed E-state index contributed by atoms with van der Waals surface area (Å²) in [6.45, 7) is 3.61. The number of fused-ring (bicyclic) bond motifs is 1. The average Bonchev–Trinajstić information content (AvgIpc) is 2.92. The monoisotopic (exact) mass is 538 g/mol. The van der Waals surface area contributed by atoms with Crippen molar-refractivity contribution in [3.63, 3.8) is 0 Å². The fourth-order valence-electron chi connectivity index (χ4n) is 4.59. The van der Waals surface area contributed by atoms with E-state index in [1.54, 1.807) is 12.3 Å². The number of piperazine rings is 1. The van der Waals surface area contributed by atoms with Crippen LogP contribution in [0.1, 0.15) is 5.69 Å². The van der Waals surface area contributed by atoms with Crippen LogP contribution in [0.15, 0.2) is 72.9 Å². The van der Waals surface area contributed by atoms with Gasteiger partial charge in [-0.25, -0.2) is 19.2 Å². The first-order chi connectivity index (χ1) is 18.8. The van der Waals surface area contributed by atoms with E-state index in [9.17, 15) is 22.4 Å². The fourth-order valence-corrected chi connectivity index (χ4v) is 4.59. The third-order valence-corrected chi connectivity index (χ3v) is 6.55. The van der Waals surface area contributed by atoms with E-state index in [4.69, 9.17) is 0 Å². The zero-order chi connectivity index (χ0) is 27.4. The molecule has 2 N–H and O–H groups in total. The third kappa shape index (κ3) is 6.26. The van der Waals surface area contributed by atoms with Crippen molar-refractivity contribution in [2.75, 3.05) is 49.5 Å². The standard InChI is InChI=1S/C28H26F4N6O/c29-20-7-4-8-21(17-20)35-27(39)33-11-12-37-13-15-38(16-14-37)26-22-9-10-24(28(30,31)32)36-25(22)23(18-34-26)19-5-2-1-3-6-19/h1-10,17-18H,11-16H2,(H2,33,35,39). The Labute approximate surface area is 222 Å². The number of hydrogen-bond acceptors (Lipinski definition) is 5. The van der Waals surface area contributed by atoms with E-state index in [1.165, 1.54) is 24.3 Å². The number of carbonyl (C=O) groups is 1. The van der Waals surface area contributed by atoms with Gasteiger partial charge in [0.25, 0.3) is 0 Å². The molecule has 39 heavy (non-hydrogen) atoms. The van der Waals surface area contributed by atoms with Gasteiger partial charge < -0.3 is 15.5 Å². The van der Waals surface area contributed by atoms with E-state index in [0.717, 1.165) is 11.6 Å². The normalized spacial score (nSPS) is 14.4. The zero-order valence-corrected chi connectivity index (χ0v) is 20.9. The number of rotatable bonds is 6. The van der Waals surface area contributed by atoms with Crippen molar-refractivity contribution in [1.82, 2.24) is 20.2 Å². The van der Waals surface area contributed by atoms with Crippen LogP contribution in [0.4, 0.5) is 33.9 Å². The van der Waals surface area contributed by atoms with E-state index in [2.05, 4.69) is 25.5 Å². The molecule has 0 saturated carbocycles. The first-order valence-corrected chi connectivity index (χ1v) is 12.5. The number of benzene rings is 2. The molecule has 1 aliphatic heterocycles. The van der Waals surface area contributed by atoms with Gasteiger partial charge >= 0.3 is 12.2 Å². The molecule has 3 heterocycles. The molecular formula is C28H26F4N6O. The molecule has 0 atom stereocenters. The topological polar surface area (TPSA) is 73.4 Å². The molecule has 0 radical (unpaired) electrons. The lowest BCUT2D eigenvalue weighted by Crippen LogP contribution is -2.49. The Morgan fingerprint density at radius 2 is 1.72 bits per heavy atom. The lowest BCUT2D eigenvalue weighted by Gasteiger charge is -2.36. The summed E-state index contributed by atoms with van der Waals surface area (Å²) in [5.41, 5.74) is 0.977. The number of pyridine rings is 2. The maximum Gasteiger partial charge on any atom is 0.433 e. The highest BCUT2D eigenvalue weighted by Gasteiger charge is 2.33. The van der Waals surface area contributed by atoms with E-state index >= 15 is 0 Å². The molecule has 11 heteroatoms. The lowest BCUT2D eigenvalue weighted by molar-refractivity contribution is -0.140. The van der Waals surface area contributed by atoms with Gasteiger partial charge in [-0.1, -0.05) is 36.4 Å². The molecule has 5 rings (SSSR count). The average molecular weight is 539 g/mol. The van der Waals surface area contributed by atoms with E-state index in [-0.39, 0.29) is 5.52 Å². The Hall–Kier alpha value is -4.25. The number of amides is 2. The molecule has 2 aromatic carbocycles. The van der Waals surface area contributed by atoms with Crippen LogP contribution in [0.25, 0.3) is 22.0 Å². The van der Waals surface area contributed by atoms with Crippen LogP contribution in [0, 0.1) is 5.82 Å². The SMILES string of the molecule is O=C(NCCN1CCN(c2ncc(-c3ccccc3)c3nc(C(F)(F)F)ccc23)CC1)Nc1cccc(F)c1. The molecule has 202 valence electrons. The van der Waals surface area contributed by atoms with Crippen LogP contribution in [-0.4, -0.2) is 60.2 Å². The Bertz CT molecular complexity index is 1460. The van der Waals surface area contributed by atoms with Gasteiger partial charge in [0, 0.05) is 62.1 Å². The van der Waals surface area contributed by atoms with Crippen LogP contribution in [0.2, 0.25) is 0 Å². The van der Waals surface area contributed by atoms with Gasteiger partial charge in [0.05, 0.1) is 5.52 Å². The number of carbonyl (C=O) groups excluding carboxylic acids is 1. The van der Waals surface area contributed by atoms with Gasteiger partial charge in [0.15, 0.2) is 0 Å². The van der Waals surface area contributed by atoms with Crippen molar-refractivity contribution in [3.8, 4) is 11.1 Å². The summed E-state index contributed by atoms with van der Waals surface area (Å²) < 4.78 is 53.7. The Morgan fingerprint density at radius 3 is 2.44 bits per heavy atom. The van der Waals surface area contributed by atoms with Gasteiger partial charge in [-0.2, -0.15) is 13.2 Å². The maximum absolute atomic E-state index is 13.5. The van der Waals surface area contributed by atoms with Gasteiger partial charge in [-0.3, -0.25) is 4.90 Å². The first-order valence-electron chi connectivity index (χ1n) is 12.5. The molecule has 1 aliphatic rings. The minimum Gasteiger partial charge on any atom is -0.353 e. The summed E-state index contributed by atoms with van der Waals surface area (Å²) in [4.78, 5) is 25.0. The van der Waals surface area contributed by atoms with Crippen molar-refractivity contribution in [1.29, 1.82) is 0 Å². The summed E-state index contributed by atoms with van der Waals surface area (Å²) in [7, 11) is 0. The lowest BCUT2D eigenvalue weighted by atomic mass is 10.0. The summed E-state index contributed by atoms with van der Waals surface area (Å²) in [5, 5.41) is 5.92. The maximum atomic E-state index is 13.5. The highest BCUT2D eigenvalue weighted by atomic mass is 19.4. The quantitative estimate of drug-likeness (QED) is 0.322. The van der Waals surface area contributed by atoms with Gasteiger partial charge in [-0.15, -0.1) is 0 Å². The zero-order valence-electron chi connectivity index (χ0n) is 20.9. The van der Waals surface area contributed by atoms with Crippen LogP contribution in [0.3, 0.4) is 0 Å². The number of aromatic nitrogens is 2. The molecular weight excluding hydrogens is 512 g/mol. The Balaban J connectivity index is 1.25. The Kier molecular flexibility index (Phi) is 7.60. The van der Waals surface area contributed by atoms with Crippen LogP contribution in [-0.2, 0) is 6.18 Å². The number of alkyl halides is 3. The predicted octanol–water partition coefficient (Wildman–Crippen LogP) is 5.40. The number of nitrogens with zero attached hydrogens (tertiary/aromatic N) is 4. The largest absolute Gasteiger partial charge is 0.433 e. The third-order valence-electron chi connectivity index (χ3n) is 6.55. The fraction of sp³-hybridized carbons (Fsp3) is 0.250. The second-order valence-corrected chi connectivity index (χ2v) is 9.17. The summed E-state index contributed by atoms with van der Waals surface area (Å²) in [6, 6.07) is 16.8.